The summed E-state index contributed by atoms with van der Waals surface area (Å²) < 4.78 is 0. The predicted molar refractivity (Wildman–Crippen MR) is 16.1 cm³/mol. The van der Waals surface area contributed by atoms with E-state index in [2.05, 4.69) is 4.89 Å². The Labute approximate surface area is 63.0 Å². The summed E-state index contributed by atoms with van der Waals surface area (Å²) in [5, 5.41) is 8.86. The quantitative estimate of drug-likeness (QED) is 0.158. The second-order valence-electron chi connectivity index (χ2n) is 0.358. The zero-order valence-electron chi connectivity index (χ0n) is 3.35. The Bertz CT molecular complexity index is 38.5. The fraction of sp³-hybridized carbons (Fsp3) is 0. The molecular formula is C2H2ClNaO2. The maximum absolute atomic E-state index is 8.86. The predicted octanol–water partition coefficient (Wildman–Crippen LogP) is -3.01. The molecule has 0 bridgehead atoms. The minimum absolute atomic E-state index is 0. The summed E-state index contributed by atoms with van der Waals surface area (Å²) >= 11 is 4.80. The summed E-state index contributed by atoms with van der Waals surface area (Å²) in [7, 11) is 0. The van der Waals surface area contributed by atoms with Crippen LogP contribution >= 0.6 is 11.6 Å². The molecule has 0 unspecified atom stereocenters. The van der Waals surface area contributed by atoms with E-state index >= 15 is 0 Å². The van der Waals surface area contributed by atoms with Gasteiger partial charge in [-0.25, -0.2) is 0 Å². The van der Waals surface area contributed by atoms with Crippen LogP contribution in [0.15, 0.2) is 11.8 Å². The fourth-order valence-corrected chi connectivity index (χ4v) is 0.0630. The maximum atomic E-state index is 8.86. The molecule has 4 heteroatoms. The van der Waals surface area contributed by atoms with Crippen LogP contribution < -0.4 is 34.8 Å². The van der Waals surface area contributed by atoms with Gasteiger partial charge in [0.1, 0.15) is 0 Å². The summed E-state index contributed by atoms with van der Waals surface area (Å²) in [5.41, 5.74) is 0.993. The first-order valence-electron chi connectivity index (χ1n) is 0.954. The first-order valence-corrected chi connectivity index (χ1v) is 1.39. The van der Waals surface area contributed by atoms with Gasteiger partial charge in [0.25, 0.3) is 0 Å². The van der Waals surface area contributed by atoms with Crippen molar-refractivity contribution in [2.24, 2.45) is 0 Å². The second kappa shape index (κ2) is 9.25. The molecule has 0 heterocycles. The van der Waals surface area contributed by atoms with Crippen molar-refractivity contribution in [3.05, 3.63) is 11.8 Å². The topological polar surface area (TPSA) is 32.3 Å². The number of rotatable bonds is 1. The minimum atomic E-state index is 0. The molecule has 0 spiro atoms. The van der Waals surface area contributed by atoms with Gasteiger partial charge in [-0.2, -0.15) is 0 Å². The van der Waals surface area contributed by atoms with E-state index in [-0.39, 0.29) is 29.6 Å². The van der Waals surface area contributed by atoms with E-state index in [0.717, 1.165) is 11.8 Å². The summed E-state index contributed by atoms with van der Waals surface area (Å²) in [4.78, 5) is 3.13. The fourth-order valence-electron chi connectivity index (χ4n) is 0.0210. The Morgan fingerprint density at radius 2 is 2.17 bits per heavy atom. The van der Waals surface area contributed by atoms with Crippen molar-refractivity contribution in [2.75, 3.05) is 0 Å². The van der Waals surface area contributed by atoms with Crippen LogP contribution in [0.5, 0.6) is 0 Å². The number of halogens is 1. The van der Waals surface area contributed by atoms with Crippen LogP contribution in [0.3, 0.4) is 0 Å². The molecule has 0 saturated heterocycles. The normalized spacial score (nSPS) is 7.67. The first kappa shape index (κ1) is 9.92. The van der Waals surface area contributed by atoms with E-state index < -0.39 is 0 Å². The summed E-state index contributed by atoms with van der Waals surface area (Å²) in [6, 6.07) is 0. The molecule has 0 aromatic heterocycles. The molecular weight excluding hydrogens is 114 g/mol. The van der Waals surface area contributed by atoms with Crippen LogP contribution in [0.2, 0.25) is 0 Å². The SMILES string of the molecule is [Na+].[O-]O/C=C/Cl. The van der Waals surface area contributed by atoms with Crippen LogP contribution in [-0.4, -0.2) is 0 Å². The molecule has 0 radical (unpaired) electrons. The van der Waals surface area contributed by atoms with Gasteiger partial charge in [0.2, 0.25) is 0 Å². The van der Waals surface area contributed by atoms with E-state index in [1.165, 1.54) is 0 Å². The van der Waals surface area contributed by atoms with Crippen LogP contribution in [-0.2, 0) is 4.89 Å². The Morgan fingerprint density at radius 1 is 1.67 bits per heavy atom. The third kappa shape index (κ3) is 8.84. The molecule has 0 fully saturated rings. The maximum Gasteiger partial charge on any atom is 1.00 e. The average Bonchev–Trinajstić information content (AvgIpc) is 1.41. The molecule has 0 aromatic carbocycles. The van der Waals surface area contributed by atoms with Gasteiger partial charge >= 0.3 is 29.6 Å². The second-order valence-corrected chi connectivity index (χ2v) is 0.610. The molecule has 2 nitrogen and oxygen atoms in total. The Hall–Kier alpha value is 0.790. The molecule has 0 aliphatic rings. The Kier molecular flexibility index (Phi) is 15.3. The molecule has 0 saturated carbocycles. The third-order valence-corrected chi connectivity index (χ3v) is 0.210. The minimum Gasteiger partial charge on any atom is -0.664 e. The van der Waals surface area contributed by atoms with Gasteiger partial charge in [0.05, 0.1) is 6.26 Å². The molecule has 0 N–H and O–H groups in total. The van der Waals surface area contributed by atoms with Gasteiger partial charge < -0.3 is 10.1 Å². The molecule has 30 valence electrons. The Balaban J connectivity index is 0. The molecule has 0 atom stereocenters. The van der Waals surface area contributed by atoms with E-state index in [4.69, 9.17) is 16.9 Å². The number of hydrogen-bond acceptors (Lipinski definition) is 2. The molecule has 6 heavy (non-hydrogen) atoms. The van der Waals surface area contributed by atoms with Crippen molar-refractivity contribution in [1.82, 2.24) is 0 Å². The third-order valence-electron chi connectivity index (χ3n) is 0.107. The molecule has 0 aliphatic carbocycles. The first-order chi connectivity index (χ1) is 2.41. The number of hydrogen-bond donors (Lipinski definition) is 0. The van der Waals surface area contributed by atoms with Crippen LogP contribution in [0.25, 0.3) is 0 Å². The van der Waals surface area contributed by atoms with Crippen molar-refractivity contribution in [3.8, 4) is 0 Å². The summed E-state index contributed by atoms with van der Waals surface area (Å²) in [6.45, 7) is 0. The largest absolute Gasteiger partial charge is 1.00 e. The Morgan fingerprint density at radius 3 is 2.17 bits per heavy atom. The zero-order valence-corrected chi connectivity index (χ0v) is 6.11. The van der Waals surface area contributed by atoms with Crippen molar-refractivity contribution in [2.45, 2.75) is 0 Å². The summed E-state index contributed by atoms with van der Waals surface area (Å²) in [5.74, 6) is 0. The van der Waals surface area contributed by atoms with Gasteiger partial charge in [-0.1, -0.05) is 11.6 Å². The monoisotopic (exact) mass is 116 g/mol. The average molecular weight is 116 g/mol. The summed E-state index contributed by atoms with van der Waals surface area (Å²) in [6.07, 6.45) is 0.835. The molecule has 0 rings (SSSR count). The zero-order chi connectivity index (χ0) is 4.12. The van der Waals surface area contributed by atoms with Crippen LogP contribution in [0.1, 0.15) is 0 Å². The molecule has 0 amide bonds. The molecule has 0 aromatic rings. The van der Waals surface area contributed by atoms with Crippen molar-refractivity contribution in [1.29, 1.82) is 0 Å². The van der Waals surface area contributed by atoms with E-state index in [9.17, 15) is 0 Å². The van der Waals surface area contributed by atoms with Crippen molar-refractivity contribution in [3.63, 3.8) is 0 Å². The van der Waals surface area contributed by atoms with Gasteiger partial charge in [-0.3, -0.25) is 0 Å². The van der Waals surface area contributed by atoms with E-state index in [1.807, 2.05) is 0 Å². The smallest absolute Gasteiger partial charge is 0.664 e. The van der Waals surface area contributed by atoms with Crippen molar-refractivity contribution >= 4 is 11.6 Å². The van der Waals surface area contributed by atoms with Gasteiger partial charge in [0.15, 0.2) is 0 Å². The molecule has 0 aliphatic heterocycles. The van der Waals surface area contributed by atoms with Crippen LogP contribution in [0, 0.1) is 0 Å². The standard InChI is InChI=1S/C2H3ClO2.Na/c3-1-2-5-4;/h1-2,4H;/q;+1/p-1/b2-1+;. The van der Waals surface area contributed by atoms with Gasteiger partial charge in [-0.05, 0) is 0 Å². The van der Waals surface area contributed by atoms with Gasteiger partial charge in [0, 0.05) is 5.54 Å². The van der Waals surface area contributed by atoms with E-state index in [1.54, 1.807) is 0 Å². The van der Waals surface area contributed by atoms with E-state index in [0.29, 0.717) is 0 Å². The van der Waals surface area contributed by atoms with Crippen molar-refractivity contribution < 1.29 is 39.7 Å². The van der Waals surface area contributed by atoms with Crippen LogP contribution in [0.4, 0.5) is 0 Å². The van der Waals surface area contributed by atoms with Gasteiger partial charge in [-0.15, -0.1) is 0 Å².